The standard InChI is InChI=1S/C12H14N2.CH4/c1-12(2,3)10-8-13-7-9-5-4-6-14-11(9)10;/h4-8H,1-3H3;1H4. The Labute approximate surface area is 91.4 Å². The summed E-state index contributed by atoms with van der Waals surface area (Å²) in [5.74, 6) is 0. The summed E-state index contributed by atoms with van der Waals surface area (Å²) in [6.45, 7) is 6.54. The van der Waals surface area contributed by atoms with Crippen LogP contribution in [0.2, 0.25) is 0 Å². The molecule has 2 nitrogen and oxygen atoms in total. The number of fused-ring (bicyclic) bond motifs is 1. The molecule has 2 rings (SSSR count). The third kappa shape index (κ3) is 2.14. The van der Waals surface area contributed by atoms with Crippen molar-refractivity contribution in [1.29, 1.82) is 0 Å². The first-order valence-corrected chi connectivity index (χ1v) is 4.78. The summed E-state index contributed by atoms with van der Waals surface area (Å²) >= 11 is 0. The molecule has 0 radical (unpaired) electrons. The zero-order valence-electron chi connectivity index (χ0n) is 8.78. The van der Waals surface area contributed by atoms with E-state index >= 15 is 0 Å². The number of nitrogens with zero attached hydrogens (tertiary/aromatic N) is 2. The minimum atomic E-state index is 0. The van der Waals surface area contributed by atoms with Gasteiger partial charge < -0.3 is 0 Å². The molecule has 0 aromatic carbocycles. The highest BCUT2D eigenvalue weighted by Gasteiger charge is 2.17. The van der Waals surface area contributed by atoms with Crippen molar-refractivity contribution in [3.63, 3.8) is 0 Å². The molecule has 0 unspecified atom stereocenters. The number of hydrogen-bond acceptors (Lipinski definition) is 2. The van der Waals surface area contributed by atoms with Crippen LogP contribution in [0.4, 0.5) is 0 Å². The van der Waals surface area contributed by atoms with E-state index in [9.17, 15) is 0 Å². The second-order valence-electron chi connectivity index (χ2n) is 4.51. The summed E-state index contributed by atoms with van der Waals surface area (Å²) < 4.78 is 0. The molecule has 0 atom stereocenters. The largest absolute Gasteiger partial charge is 0.264 e. The molecule has 0 saturated carbocycles. The van der Waals surface area contributed by atoms with E-state index in [0.717, 1.165) is 10.9 Å². The van der Waals surface area contributed by atoms with Crippen molar-refractivity contribution in [3.8, 4) is 0 Å². The molecule has 2 aromatic rings. The minimum Gasteiger partial charge on any atom is -0.264 e. The highest BCUT2D eigenvalue weighted by Crippen LogP contribution is 2.27. The van der Waals surface area contributed by atoms with Gasteiger partial charge in [0, 0.05) is 29.5 Å². The molecule has 0 spiro atoms. The zero-order chi connectivity index (χ0) is 10.2. The number of pyridine rings is 2. The molecule has 2 aromatic heterocycles. The van der Waals surface area contributed by atoms with Crippen LogP contribution in [0.15, 0.2) is 30.7 Å². The summed E-state index contributed by atoms with van der Waals surface area (Å²) in [6.07, 6.45) is 5.60. The van der Waals surface area contributed by atoms with Gasteiger partial charge in [0.15, 0.2) is 0 Å². The molecule has 0 aliphatic rings. The molecule has 2 heteroatoms. The summed E-state index contributed by atoms with van der Waals surface area (Å²) in [4.78, 5) is 8.65. The Kier molecular flexibility index (Phi) is 3.08. The average Bonchev–Trinajstić information content (AvgIpc) is 2.15. The van der Waals surface area contributed by atoms with Gasteiger partial charge in [0.1, 0.15) is 0 Å². The van der Waals surface area contributed by atoms with E-state index in [4.69, 9.17) is 0 Å². The monoisotopic (exact) mass is 202 g/mol. The third-order valence-electron chi connectivity index (χ3n) is 2.32. The van der Waals surface area contributed by atoms with Crippen molar-refractivity contribution in [2.24, 2.45) is 0 Å². The van der Waals surface area contributed by atoms with E-state index < -0.39 is 0 Å². The summed E-state index contributed by atoms with van der Waals surface area (Å²) in [6, 6.07) is 3.99. The van der Waals surface area contributed by atoms with Gasteiger partial charge in [-0.05, 0) is 17.5 Å². The Morgan fingerprint density at radius 2 is 1.87 bits per heavy atom. The van der Waals surface area contributed by atoms with Crippen molar-refractivity contribution in [1.82, 2.24) is 9.97 Å². The molecular weight excluding hydrogens is 184 g/mol. The lowest BCUT2D eigenvalue weighted by molar-refractivity contribution is 0.592. The SMILES string of the molecule is C.CC(C)(C)c1cncc2cccnc12. The number of aromatic nitrogens is 2. The van der Waals surface area contributed by atoms with Crippen LogP contribution in [0.25, 0.3) is 10.9 Å². The smallest absolute Gasteiger partial charge is 0.0770 e. The fourth-order valence-electron chi connectivity index (χ4n) is 1.55. The predicted molar refractivity (Wildman–Crippen MR) is 65.0 cm³/mol. The fraction of sp³-hybridized carbons (Fsp3) is 0.385. The highest BCUT2D eigenvalue weighted by molar-refractivity contribution is 5.81. The number of hydrogen-bond donors (Lipinski definition) is 0. The Morgan fingerprint density at radius 1 is 1.13 bits per heavy atom. The number of rotatable bonds is 0. The van der Waals surface area contributed by atoms with E-state index in [1.807, 2.05) is 30.7 Å². The lowest BCUT2D eigenvalue weighted by atomic mass is 9.87. The van der Waals surface area contributed by atoms with Crippen LogP contribution in [0.1, 0.15) is 33.8 Å². The van der Waals surface area contributed by atoms with Gasteiger partial charge in [-0.3, -0.25) is 9.97 Å². The second kappa shape index (κ2) is 3.97. The Bertz CT molecular complexity index is 450. The Morgan fingerprint density at radius 3 is 2.53 bits per heavy atom. The maximum Gasteiger partial charge on any atom is 0.0770 e. The van der Waals surface area contributed by atoms with Gasteiger partial charge >= 0.3 is 0 Å². The molecule has 2 heterocycles. The van der Waals surface area contributed by atoms with Gasteiger partial charge in [-0.1, -0.05) is 28.2 Å². The molecule has 0 amide bonds. The van der Waals surface area contributed by atoms with Crippen LogP contribution in [-0.4, -0.2) is 9.97 Å². The van der Waals surface area contributed by atoms with E-state index in [2.05, 4.69) is 30.7 Å². The lowest BCUT2D eigenvalue weighted by Gasteiger charge is -2.19. The second-order valence-corrected chi connectivity index (χ2v) is 4.51. The normalized spacial score (nSPS) is 11.1. The van der Waals surface area contributed by atoms with Crippen LogP contribution in [0.3, 0.4) is 0 Å². The van der Waals surface area contributed by atoms with Crippen molar-refractivity contribution in [3.05, 3.63) is 36.3 Å². The zero-order valence-corrected chi connectivity index (χ0v) is 8.78. The lowest BCUT2D eigenvalue weighted by Crippen LogP contribution is -2.12. The molecule has 80 valence electrons. The van der Waals surface area contributed by atoms with Gasteiger partial charge in [0.25, 0.3) is 0 Å². The molecule has 0 aliphatic carbocycles. The average molecular weight is 202 g/mol. The van der Waals surface area contributed by atoms with E-state index in [-0.39, 0.29) is 12.8 Å². The molecule has 0 fully saturated rings. The summed E-state index contributed by atoms with van der Waals surface area (Å²) in [5.41, 5.74) is 2.37. The van der Waals surface area contributed by atoms with Crippen LogP contribution in [0, 0.1) is 0 Å². The van der Waals surface area contributed by atoms with Crippen molar-refractivity contribution in [2.45, 2.75) is 33.6 Å². The molecule has 0 N–H and O–H groups in total. The van der Waals surface area contributed by atoms with Crippen LogP contribution < -0.4 is 0 Å². The molecule has 0 aliphatic heterocycles. The molecule has 15 heavy (non-hydrogen) atoms. The first kappa shape index (κ1) is 11.6. The Balaban J connectivity index is 0.00000112. The van der Waals surface area contributed by atoms with Gasteiger partial charge in [-0.15, -0.1) is 0 Å². The van der Waals surface area contributed by atoms with E-state index in [1.165, 1.54) is 5.56 Å². The minimum absolute atomic E-state index is 0. The first-order chi connectivity index (χ1) is 6.59. The summed E-state index contributed by atoms with van der Waals surface area (Å²) in [7, 11) is 0. The molecule has 0 bridgehead atoms. The van der Waals surface area contributed by atoms with E-state index in [0.29, 0.717) is 0 Å². The van der Waals surface area contributed by atoms with Crippen molar-refractivity contribution in [2.75, 3.05) is 0 Å². The predicted octanol–water partition coefficient (Wildman–Crippen LogP) is 3.56. The maximum absolute atomic E-state index is 4.41. The highest BCUT2D eigenvalue weighted by atomic mass is 14.7. The van der Waals surface area contributed by atoms with Gasteiger partial charge in [0.05, 0.1) is 5.52 Å². The van der Waals surface area contributed by atoms with Crippen molar-refractivity contribution < 1.29 is 0 Å². The fourth-order valence-corrected chi connectivity index (χ4v) is 1.55. The third-order valence-corrected chi connectivity index (χ3v) is 2.32. The van der Waals surface area contributed by atoms with Crippen LogP contribution in [0.5, 0.6) is 0 Å². The summed E-state index contributed by atoms with van der Waals surface area (Å²) in [5, 5.41) is 1.11. The van der Waals surface area contributed by atoms with Gasteiger partial charge in [-0.2, -0.15) is 0 Å². The van der Waals surface area contributed by atoms with E-state index in [1.54, 1.807) is 0 Å². The van der Waals surface area contributed by atoms with Crippen LogP contribution >= 0.6 is 0 Å². The van der Waals surface area contributed by atoms with Gasteiger partial charge in [0.2, 0.25) is 0 Å². The molecule has 0 saturated heterocycles. The topological polar surface area (TPSA) is 25.8 Å². The van der Waals surface area contributed by atoms with Gasteiger partial charge in [-0.25, -0.2) is 0 Å². The first-order valence-electron chi connectivity index (χ1n) is 4.78. The maximum atomic E-state index is 4.41. The molecular formula is C13H18N2. The van der Waals surface area contributed by atoms with Crippen molar-refractivity contribution >= 4 is 10.9 Å². The van der Waals surface area contributed by atoms with Crippen LogP contribution in [-0.2, 0) is 5.41 Å². The quantitative estimate of drug-likeness (QED) is 0.652. The Hall–Kier alpha value is -1.44.